The molecular weight excluding hydrogens is 288 g/mol. The molecule has 1 aliphatic carbocycles. The molecule has 0 N–H and O–H groups in total. The Labute approximate surface area is 125 Å². The number of hydrogen-bond donors (Lipinski definition) is 0. The number of aromatic nitrogens is 2. The summed E-state index contributed by atoms with van der Waals surface area (Å²) in [5, 5.41) is -0.0862. The Hall–Kier alpha value is -1.21. The van der Waals surface area contributed by atoms with Crippen molar-refractivity contribution in [2.75, 3.05) is 31.1 Å². The van der Waals surface area contributed by atoms with Crippen LogP contribution in [-0.2, 0) is 10.0 Å². The van der Waals surface area contributed by atoms with E-state index in [1.54, 1.807) is 10.6 Å². The molecule has 6 nitrogen and oxygen atoms in total. The average molecular weight is 308 g/mol. The molecule has 0 aromatic carbocycles. The number of nitrogens with zero attached hydrogens (tertiary/aromatic N) is 4. The zero-order valence-corrected chi connectivity index (χ0v) is 13.0. The Morgan fingerprint density at radius 1 is 1.10 bits per heavy atom. The molecular formula is C14H20N4O2S. The molecule has 0 radical (unpaired) electrons. The van der Waals surface area contributed by atoms with Crippen molar-refractivity contribution < 1.29 is 8.42 Å². The minimum Gasteiger partial charge on any atom is -0.356 e. The molecule has 21 heavy (non-hydrogen) atoms. The third-order valence-electron chi connectivity index (χ3n) is 4.87. The van der Waals surface area contributed by atoms with Gasteiger partial charge in [0.25, 0.3) is 0 Å². The summed E-state index contributed by atoms with van der Waals surface area (Å²) in [5.74, 6) is 1.84. The molecule has 1 aromatic rings. The van der Waals surface area contributed by atoms with Crippen molar-refractivity contribution in [2.45, 2.75) is 25.0 Å². The van der Waals surface area contributed by atoms with E-state index in [1.807, 2.05) is 13.0 Å². The van der Waals surface area contributed by atoms with Crippen LogP contribution in [0.1, 0.15) is 18.5 Å². The van der Waals surface area contributed by atoms with Gasteiger partial charge in [-0.05, 0) is 31.6 Å². The summed E-state index contributed by atoms with van der Waals surface area (Å²) in [5.41, 5.74) is 0.968. The van der Waals surface area contributed by atoms with Crippen LogP contribution in [0.15, 0.2) is 12.4 Å². The van der Waals surface area contributed by atoms with Crippen LogP contribution < -0.4 is 4.90 Å². The van der Waals surface area contributed by atoms with Crippen molar-refractivity contribution in [3.8, 4) is 0 Å². The first-order valence-corrected chi connectivity index (χ1v) is 9.07. The highest BCUT2D eigenvalue weighted by molar-refractivity contribution is 7.90. The van der Waals surface area contributed by atoms with E-state index in [0.717, 1.165) is 37.4 Å². The summed E-state index contributed by atoms with van der Waals surface area (Å²) in [6.45, 7) is 5.13. The van der Waals surface area contributed by atoms with Gasteiger partial charge >= 0.3 is 0 Å². The van der Waals surface area contributed by atoms with Gasteiger partial charge in [0.05, 0.1) is 5.25 Å². The molecule has 1 aromatic heterocycles. The van der Waals surface area contributed by atoms with Gasteiger partial charge in [0.15, 0.2) is 0 Å². The summed E-state index contributed by atoms with van der Waals surface area (Å²) in [7, 11) is -3.01. The molecule has 3 fully saturated rings. The SMILES string of the molecule is Cc1cc(N2CC3CN(S(=O)(=O)C4CC4)CC3C2)ncn1. The minimum atomic E-state index is -3.01. The highest BCUT2D eigenvalue weighted by Gasteiger charge is 2.48. The van der Waals surface area contributed by atoms with Crippen molar-refractivity contribution >= 4 is 15.8 Å². The zero-order valence-electron chi connectivity index (χ0n) is 12.1. The summed E-state index contributed by atoms with van der Waals surface area (Å²) < 4.78 is 26.4. The van der Waals surface area contributed by atoms with Crippen molar-refractivity contribution in [1.82, 2.24) is 14.3 Å². The fourth-order valence-electron chi connectivity index (χ4n) is 3.54. The third kappa shape index (κ3) is 2.32. The Morgan fingerprint density at radius 2 is 1.76 bits per heavy atom. The van der Waals surface area contributed by atoms with E-state index < -0.39 is 10.0 Å². The second-order valence-corrected chi connectivity index (χ2v) is 8.72. The maximum atomic E-state index is 12.3. The largest absolute Gasteiger partial charge is 0.356 e. The van der Waals surface area contributed by atoms with Crippen molar-refractivity contribution in [1.29, 1.82) is 0 Å². The smallest absolute Gasteiger partial charge is 0.217 e. The van der Waals surface area contributed by atoms with E-state index in [-0.39, 0.29) is 5.25 Å². The lowest BCUT2D eigenvalue weighted by atomic mass is 10.0. The van der Waals surface area contributed by atoms with Gasteiger partial charge in [0.2, 0.25) is 10.0 Å². The van der Waals surface area contributed by atoms with Crippen LogP contribution >= 0.6 is 0 Å². The maximum absolute atomic E-state index is 12.3. The molecule has 2 saturated heterocycles. The predicted octanol–water partition coefficient (Wildman–Crippen LogP) is 0.645. The van der Waals surface area contributed by atoms with Crippen LogP contribution in [0, 0.1) is 18.8 Å². The van der Waals surface area contributed by atoms with Crippen molar-refractivity contribution in [2.24, 2.45) is 11.8 Å². The van der Waals surface area contributed by atoms with E-state index in [1.165, 1.54) is 0 Å². The molecule has 2 unspecified atom stereocenters. The monoisotopic (exact) mass is 308 g/mol. The normalized spacial score (nSPS) is 29.9. The fraction of sp³-hybridized carbons (Fsp3) is 0.714. The zero-order chi connectivity index (χ0) is 14.6. The van der Waals surface area contributed by atoms with E-state index in [0.29, 0.717) is 24.9 Å². The highest BCUT2D eigenvalue weighted by Crippen LogP contribution is 2.38. The first-order valence-electron chi connectivity index (χ1n) is 7.56. The first kappa shape index (κ1) is 13.5. The first-order chi connectivity index (χ1) is 10.0. The Bertz CT molecular complexity index is 645. The number of hydrogen-bond acceptors (Lipinski definition) is 5. The molecule has 2 atom stereocenters. The van der Waals surface area contributed by atoms with Gasteiger partial charge in [0.1, 0.15) is 12.1 Å². The molecule has 4 rings (SSSR count). The maximum Gasteiger partial charge on any atom is 0.217 e. The Kier molecular flexibility index (Phi) is 2.97. The Balaban J connectivity index is 1.46. The van der Waals surface area contributed by atoms with Gasteiger partial charge in [-0.3, -0.25) is 0 Å². The van der Waals surface area contributed by atoms with Crippen molar-refractivity contribution in [3.05, 3.63) is 18.1 Å². The summed E-state index contributed by atoms with van der Waals surface area (Å²) >= 11 is 0. The lowest BCUT2D eigenvalue weighted by molar-refractivity contribution is 0.452. The predicted molar refractivity (Wildman–Crippen MR) is 79.5 cm³/mol. The van der Waals surface area contributed by atoms with Crippen LogP contribution in [0.2, 0.25) is 0 Å². The second-order valence-electron chi connectivity index (χ2n) is 6.50. The van der Waals surface area contributed by atoms with Gasteiger partial charge in [-0.25, -0.2) is 22.7 Å². The van der Waals surface area contributed by atoms with E-state index in [2.05, 4.69) is 14.9 Å². The molecule has 1 saturated carbocycles. The highest BCUT2D eigenvalue weighted by atomic mass is 32.2. The molecule has 0 amide bonds. The molecule has 3 heterocycles. The number of rotatable bonds is 3. The minimum absolute atomic E-state index is 0.0862. The molecule has 0 bridgehead atoms. The van der Waals surface area contributed by atoms with Gasteiger partial charge in [0, 0.05) is 37.9 Å². The second kappa shape index (κ2) is 4.64. The van der Waals surface area contributed by atoms with Crippen LogP contribution in [0.3, 0.4) is 0 Å². The number of sulfonamides is 1. The van der Waals surface area contributed by atoms with E-state index in [9.17, 15) is 8.42 Å². The van der Waals surface area contributed by atoms with Crippen LogP contribution in [0.4, 0.5) is 5.82 Å². The van der Waals surface area contributed by atoms with E-state index >= 15 is 0 Å². The molecule has 114 valence electrons. The van der Waals surface area contributed by atoms with Crippen LogP contribution in [-0.4, -0.2) is 54.1 Å². The molecule has 3 aliphatic rings. The summed E-state index contributed by atoms with van der Waals surface area (Å²) in [6, 6.07) is 2.00. The summed E-state index contributed by atoms with van der Waals surface area (Å²) in [6.07, 6.45) is 3.30. The number of fused-ring (bicyclic) bond motifs is 1. The standard InChI is InChI=1S/C14H20N4O2S/c1-10-4-14(16-9-15-10)17-5-11-7-18(8-12(11)6-17)21(19,20)13-2-3-13/h4,9,11-13H,2-3,5-8H2,1H3. The van der Waals surface area contributed by atoms with Gasteiger partial charge in [-0.1, -0.05) is 0 Å². The van der Waals surface area contributed by atoms with Gasteiger partial charge in [-0.15, -0.1) is 0 Å². The molecule has 2 aliphatic heterocycles. The van der Waals surface area contributed by atoms with Crippen LogP contribution in [0.5, 0.6) is 0 Å². The lowest BCUT2D eigenvalue weighted by Crippen LogP contribution is -2.35. The number of anilines is 1. The molecule has 7 heteroatoms. The Morgan fingerprint density at radius 3 is 2.33 bits per heavy atom. The third-order valence-corrected chi connectivity index (χ3v) is 7.20. The number of aryl methyl sites for hydroxylation is 1. The van der Waals surface area contributed by atoms with Gasteiger partial charge < -0.3 is 4.90 Å². The molecule has 0 spiro atoms. The topological polar surface area (TPSA) is 66.4 Å². The van der Waals surface area contributed by atoms with E-state index in [4.69, 9.17) is 0 Å². The lowest BCUT2D eigenvalue weighted by Gasteiger charge is -2.22. The fourth-order valence-corrected chi connectivity index (χ4v) is 5.49. The quantitative estimate of drug-likeness (QED) is 0.820. The van der Waals surface area contributed by atoms with Crippen molar-refractivity contribution in [3.63, 3.8) is 0 Å². The van der Waals surface area contributed by atoms with Gasteiger partial charge in [-0.2, -0.15) is 0 Å². The van der Waals surface area contributed by atoms with Crippen LogP contribution in [0.25, 0.3) is 0 Å². The average Bonchev–Trinajstić information content (AvgIpc) is 3.10. The summed E-state index contributed by atoms with van der Waals surface area (Å²) in [4.78, 5) is 10.7.